The van der Waals surface area contributed by atoms with Gasteiger partial charge < -0.3 is 15.1 Å². The van der Waals surface area contributed by atoms with Gasteiger partial charge in [0.25, 0.3) is 0 Å². The molecular formula is C19H28ClN3S. The molecule has 132 valence electrons. The van der Waals surface area contributed by atoms with Crippen molar-refractivity contribution in [1.82, 2.24) is 9.80 Å². The second-order valence-corrected chi connectivity index (χ2v) is 7.96. The zero-order chi connectivity index (χ0) is 17.1. The van der Waals surface area contributed by atoms with Crippen LogP contribution in [0.15, 0.2) is 18.2 Å². The van der Waals surface area contributed by atoms with E-state index in [1.807, 2.05) is 25.1 Å². The molecule has 1 saturated heterocycles. The Morgan fingerprint density at radius 3 is 2.46 bits per heavy atom. The molecule has 0 radical (unpaired) electrons. The predicted octanol–water partition coefficient (Wildman–Crippen LogP) is 4.68. The van der Waals surface area contributed by atoms with Gasteiger partial charge in [0.15, 0.2) is 5.11 Å². The number of anilines is 1. The fraction of sp³-hybridized carbons (Fsp3) is 0.632. The number of piperidine rings is 1. The largest absolute Gasteiger partial charge is 0.349 e. The number of nitrogens with one attached hydrogen (secondary N) is 1. The van der Waals surface area contributed by atoms with Crippen molar-refractivity contribution in [2.24, 2.45) is 0 Å². The summed E-state index contributed by atoms with van der Waals surface area (Å²) in [6, 6.07) is 7.42. The van der Waals surface area contributed by atoms with Crippen molar-refractivity contribution < 1.29 is 0 Å². The van der Waals surface area contributed by atoms with Gasteiger partial charge in [-0.05, 0) is 69.6 Å². The van der Waals surface area contributed by atoms with Gasteiger partial charge in [0.2, 0.25) is 0 Å². The summed E-state index contributed by atoms with van der Waals surface area (Å²) in [5.41, 5.74) is 2.06. The van der Waals surface area contributed by atoms with Gasteiger partial charge in [0, 0.05) is 35.9 Å². The smallest absolute Gasteiger partial charge is 0.173 e. The minimum atomic E-state index is 0.708. The standard InChI is InChI=1S/C19H28ClN3S/c1-14-17(20)8-5-9-18(14)21-19(24)23-12-10-16(11-13-23)22(2)15-6-3-4-7-15/h5,8-9,15-16H,3-4,6-7,10-13H2,1-2H3,(H,21,24). The van der Waals surface area contributed by atoms with E-state index in [4.69, 9.17) is 23.8 Å². The van der Waals surface area contributed by atoms with Crippen LogP contribution in [-0.2, 0) is 0 Å². The summed E-state index contributed by atoms with van der Waals surface area (Å²) in [5, 5.41) is 4.98. The molecule has 1 aliphatic heterocycles. The number of likely N-dealkylation sites (tertiary alicyclic amines) is 1. The van der Waals surface area contributed by atoms with E-state index in [2.05, 4.69) is 22.2 Å². The van der Waals surface area contributed by atoms with Gasteiger partial charge in [-0.15, -0.1) is 0 Å². The third-order valence-corrected chi connectivity index (χ3v) is 6.51. The summed E-state index contributed by atoms with van der Waals surface area (Å²) in [5.74, 6) is 0. The molecule has 1 heterocycles. The van der Waals surface area contributed by atoms with Crippen LogP contribution in [-0.4, -0.2) is 47.1 Å². The second-order valence-electron chi connectivity index (χ2n) is 7.16. The minimum absolute atomic E-state index is 0.708. The van der Waals surface area contributed by atoms with Crippen LogP contribution in [0.2, 0.25) is 5.02 Å². The molecule has 1 N–H and O–H groups in total. The highest BCUT2D eigenvalue weighted by atomic mass is 35.5. The summed E-state index contributed by atoms with van der Waals surface area (Å²) >= 11 is 11.8. The van der Waals surface area contributed by atoms with Gasteiger partial charge in [0.05, 0.1) is 0 Å². The Kier molecular flexibility index (Phi) is 6.01. The van der Waals surface area contributed by atoms with Crippen molar-refractivity contribution in [1.29, 1.82) is 0 Å². The van der Waals surface area contributed by atoms with E-state index < -0.39 is 0 Å². The van der Waals surface area contributed by atoms with E-state index in [9.17, 15) is 0 Å². The molecule has 2 aliphatic rings. The Morgan fingerprint density at radius 1 is 1.17 bits per heavy atom. The highest BCUT2D eigenvalue weighted by molar-refractivity contribution is 7.80. The van der Waals surface area contributed by atoms with Crippen molar-refractivity contribution in [3.8, 4) is 0 Å². The van der Waals surface area contributed by atoms with Gasteiger partial charge in [0.1, 0.15) is 0 Å². The topological polar surface area (TPSA) is 18.5 Å². The number of benzene rings is 1. The summed E-state index contributed by atoms with van der Waals surface area (Å²) in [6.07, 6.45) is 7.96. The van der Waals surface area contributed by atoms with E-state index >= 15 is 0 Å². The normalized spacial score (nSPS) is 19.9. The fourth-order valence-electron chi connectivity index (χ4n) is 4.02. The molecule has 1 aromatic carbocycles. The van der Waals surface area contributed by atoms with E-state index in [1.54, 1.807) is 0 Å². The predicted molar refractivity (Wildman–Crippen MR) is 107 cm³/mol. The molecule has 1 saturated carbocycles. The van der Waals surface area contributed by atoms with E-state index in [-0.39, 0.29) is 0 Å². The van der Waals surface area contributed by atoms with Crippen LogP contribution >= 0.6 is 23.8 Å². The summed E-state index contributed by atoms with van der Waals surface area (Å²) in [7, 11) is 2.32. The molecule has 24 heavy (non-hydrogen) atoms. The minimum Gasteiger partial charge on any atom is -0.349 e. The molecule has 3 rings (SSSR count). The number of halogens is 1. The molecule has 0 unspecified atom stereocenters. The summed E-state index contributed by atoms with van der Waals surface area (Å²) in [6.45, 7) is 4.09. The van der Waals surface area contributed by atoms with Crippen molar-refractivity contribution in [2.75, 3.05) is 25.5 Å². The van der Waals surface area contributed by atoms with Crippen LogP contribution in [0.5, 0.6) is 0 Å². The molecule has 0 amide bonds. The molecule has 1 aliphatic carbocycles. The van der Waals surface area contributed by atoms with Gasteiger partial charge in [-0.2, -0.15) is 0 Å². The Balaban J connectivity index is 1.52. The maximum Gasteiger partial charge on any atom is 0.173 e. The van der Waals surface area contributed by atoms with Crippen LogP contribution < -0.4 is 5.32 Å². The van der Waals surface area contributed by atoms with Crippen LogP contribution in [0.4, 0.5) is 5.69 Å². The van der Waals surface area contributed by atoms with Gasteiger partial charge in [-0.1, -0.05) is 30.5 Å². The van der Waals surface area contributed by atoms with Crippen LogP contribution in [0.1, 0.15) is 44.1 Å². The maximum atomic E-state index is 6.20. The highest BCUT2D eigenvalue weighted by Gasteiger charge is 2.29. The molecule has 3 nitrogen and oxygen atoms in total. The SMILES string of the molecule is Cc1c(Cl)cccc1NC(=S)N1CCC(N(C)C2CCCC2)CC1. The molecular weight excluding hydrogens is 338 g/mol. The maximum absolute atomic E-state index is 6.20. The molecule has 5 heteroatoms. The first kappa shape index (κ1) is 18.0. The molecule has 0 bridgehead atoms. The Bertz CT molecular complexity index is 578. The summed E-state index contributed by atoms with van der Waals surface area (Å²) in [4.78, 5) is 4.94. The van der Waals surface area contributed by atoms with Crippen LogP contribution in [0.25, 0.3) is 0 Å². The lowest BCUT2D eigenvalue weighted by atomic mass is 10.0. The van der Waals surface area contributed by atoms with Crippen LogP contribution in [0, 0.1) is 6.92 Å². The van der Waals surface area contributed by atoms with Crippen molar-refractivity contribution >= 4 is 34.6 Å². The summed E-state index contributed by atoms with van der Waals surface area (Å²) < 4.78 is 0. The van der Waals surface area contributed by atoms with Crippen molar-refractivity contribution in [2.45, 2.75) is 57.5 Å². The van der Waals surface area contributed by atoms with Crippen molar-refractivity contribution in [3.05, 3.63) is 28.8 Å². The van der Waals surface area contributed by atoms with E-state index in [1.165, 1.54) is 38.5 Å². The van der Waals surface area contributed by atoms with Gasteiger partial charge >= 0.3 is 0 Å². The zero-order valence-corrected chi connectivity index (χ0v) is 16.3. The van der Waals surface area contributed by atoms with Gasteiger partial charge in [-0.3, -0.25) is 0 Å². The van der Waals surface area contributed by atoms with Gasteiger partial charge in [-0.25, -0.2) is 0 Å². The first-order valence-electron chi connectivity index (χ1n) is 9.09. The quantitative estimate of drug-likeness (QED) is 0.783. The third-order valence-electron chi connectivity index (χ3n) is 5.74. The average molecular weight is 366 g/mol. The molecule has 1 aromatic rings. The first-order valence-corrected chi connectivity index (χ1v) is 9.88. The zero-order valence-electron chi connectivity index (χ0n) is 14.7. The Morgan fingerprint density at radius 2 is 1.79 bits per heavy atom. The first-order chi connectivity index (χ1) is 11.6. The second kappa shape index (κ2) is 8.03. The number of hydrogen-bond donors (Lipinski definition) is 1. The Labute approximate surface area is 156 Å². The average Bonchev–Trinajstić information content (AvgIpc) is 3.13. The lowest BCUT2D eigenvalue weighted by Crippen LogP contribution is -2.48. The molecule has 2 fully saturated rings. The fourth-order valence-corrected chi connectivity index (χ4v) is 4.49. The number of rotatable bonds is 3. The van der Waals surface area contributed by atoms with Crippen molar-refractivity contribution in [3.63, 3.8) is 0 Å². The van der Waals surface area contributed by atoms with E-state index in [0.717, 1.165) is 40.5 Å². The number of thiocarbonyl (C=S) groups is 1. The molecule has 0 spiro atoms. The lowest BCUT2D eigenvalue weighted by molar-refractivity contribution is 0.122. The number of hydrogen-bond acceptors (Lipinski definition) is 2. The highest BCUT2D eigenvalue weighted by Crippen LogP contribution is 2.28. The third kappa shape index (κ3) is 4.04. The Hall–Kier alpha value is -0.840. The van der Waals surface area contributed by atoms with E-state index in [0.29, 0.717) is 6.04 Å². The lowest BCUT2D eigenvalue weighted by Gasteiger charge is -2.40. The van der Waals surface area contributed by atoms with Crippen LogP contribution in [0.3, 0.4) is 0 Å². The molecule has 0 atom stereocenters. The molecule has 0 aromatic heterocycles. The monoisotopic (exact) mass is 365 g/mol. The number of nitrogens with zero attached hydrogens (tertiary/aromatic N) is 2.